The lowest BCUT2D eigenvalue weighted by Gasteiger charge is -2.25. The Bertz CT molecular complexity index is 1100. The van der Waals surface area contributed by atoms with Crippen LogP contribution in [0.5, 0.6) is 0 Å². The zero-order chi connectivity index (χ0) is 22.0. The number of imidazole rings is 1. The van der Waals surface area contributed by atoms with Gasteiger partial charge in [-0.2, -0.15) is 0 Å². The first-order valence-corrected chi connectivity index (χ1v) is 14.1. The molecule has 1 aromatic carbocycles. The zero-order valence-corrected chi connectivity index (χ0v) is 21.1. The number of hydrogen-bond acceptors (Lipinski definition) is 6. The molecule has 0 bridgehead atoms. The molecule has 0 spiro atoms. The summed E-state index contributed by atoms with van der Waals surface area (Å²) in [5.41, 5.74) is 8.41. The van der Waals surface area contributed by atoms with Crippen molar-refractivity contribution in [2.75, 3.05) is 24.7 Å². The number of aromatic nitrogens is 4. The summed E-state index contributed by atoms with van der Waals surface area (Å²) >= 11 is 2.08. The smallest absolute Gasteiger partial charge is 0.194 e. The lowest BCUT2D eigenvalue weighted by atomic mass is 10.1. The predicted molar refractivity (Wildman–Crippen MR) is 134 cm³/mol. The van der Waals surface area contributed by atoms with Crippen LogP contribution < -0.4 is 11.0 Å². The summed E-state index contributed by atoms with van der Waals surface area (Å²) < 4.78 is 22.3. The molecule has 166 valence electrons. The van der Waals surface area contributed by atoms with Crippen molar-refractivity contribution in [3.05, 3.63) is 28.1 Å². The fourth-order valence-electron chi connectivity index (χ4n) is 4.35. The average molecular weight is 553 g/mol. The Morgan fingerprint density at radius 1 is 1.13 bits per heavy atom. The van der Waals surface area contributed by atoms with Gasteiger partial charge in [-0.3, -0.25) is 4.57 Å². The number of nitrogens with two attached hydrogens (primary N) is 1. The number of nitrogen functional groups attached to an aromatic ring is 1. The van der Waals surface area contributed by atoms with Gasteiger partial charge in [0.05, 0.1) is 0 Å². The lowest BCUT2D eigenvalue weighted by Crippen LogP contribution is -2.19. The molecule has 9 heteroatoms. The van der Waals surface area contributed by atoms with E-state index in [1.54, 1.807) is 0 Å². The van der Waals surface area contributed by atoms with E-state index in [0.717, 1.165) is 67.7 Å². The van der Waals surface area contributed by atoms with Crippen molar-refractivity contribution in [2.45, 2.75) is 52.2 Å². The highest BCUT2D eigenvalue weighted by Gasteiger charge is 2.27. The molecule has 2 N–H and O–H groups in total. The predicted octanol–water partition coefficient (Wildman–Crippen LogP) is 5.19. The quantitative estimate of drug-likeness (QED) is 0.246. The van der Waals surface area contributed by atoms with Gasteiger partial charge in [-0.15, -0.1) is 0 Å². The monoisotopic (exact) mass is 553 g/mol. The highest BCUT2D eigenvalue weighted by molar-refractivity contribution is 14.1. The third-order valence-corrected chi connectivity index (χ3v) is 9.81. The second-order valence-electron chi connectivity index (χ2n) is 8.06. The lowest BCUT2D eigenvalue weighted by molar-refractivity contribution is -0.0287. The maximum absolute atomic E-state index is 13.5. The van der Waals surface area contributed by atoms with E-state index in [2.05, 4.69) is 51.0 Å². The van der Waals surface area contributed by atoms with Crippen molar-refractivity contribution in [3.63, 3.8) is 0 Å². The first-order chi connectivity index (χ1) is 15.0. The van der Waals surface area contributed by atoms with Gasteiger partial charge in [0.25, 0.3) is 0 Å². The normalized spacial score (nSPS) is 17.3. The Kier molecular flexibility index (Phi) is 6.98. The Labute approximate surface area is 196 Å². The van der Waals surface area contributed by atoms with Crippen LogP contribution in [-0.2, 0) is 9.30 Å². The second kappa shape index (κ2) is 9.55. The molecule has 7 nitrogen and oxygen atoms in total. The maximum atomic E-state index is 13.5. The summed E-state index contributed by atoms with van der Waals surface area (Å²) in [7, 11) is -2.36. The minimum Gasteiger partial charge on any atom is -0.382 e. The third-order valence-electron chi connectivity index (χ3n) is 5.75. The molecule has 31 heavy (non-hydrogen) atoms. The van der Waals surface area contributed by atoms with Gasteiger partial charge in [0, 0.05) is 52.4 Å². The van der Waals surface area contributed by atoms with Gasteiger partial charge in [-0.05, 0) is 32.1 Å². The van der Waals surface area contributed by atoms with Crippen LogP contribution in [-0.4, -0.2) is 38.4 Å². The van der Waals surface area contributed by atoms with Gasteiger partial charge < -0.3 is 15.0 Å². The van der Waals surface area contributed by atoms with E-state index in [-0.39, 0.29) is 6.23 Å². The Morgan fingerprint density at radius 3 is 2.45 bits per heavy atom. The minimum absolute atomic E-state index is 0.134. The van der Waals surface area contributed by atoms with Crippen LogP contribution in [0.4, 0.5) is 5.82 Å². The molecule has 0 amide bonds. The number of fused-ring (bicyclic) bond motifs is 1. The molecule has 1 aliphatic rings. The van der Waals surface area contributed by atoms with Crippen LogP contribution in [0, 0.1) is 3.83 Å². The molecule has 3 heterocycles. The Morgan fingerprint density at radius 2 is 1.84 bits per heavy atom. The number of ether oxygens (including phenoxy) is 1. The fraction of sp³-hybridized carbons (Fsp3) is 0.500. The van der Waals surface area contributed by atoms with Crippen LogP contribution >= 0.6 is 29.7 Å². The van der Waals surface area contributed by atoms with Gasteiger partial charge in [0.1, 0.15) is 19.2 Å². The third kappa shape index (κ3) is 4.52. The van der Waals surface area contributed by atoms with Crippen LogP contribution in [0.25, 0.3) is 22.6 Å². The van der Waals surface area contributed by atoms with E-state index in [0.29, 0.717) is 20.8 Å². The number of halogens is 1. The van der Waals surface area contributed by atoms with Crippen LogP contribution in [0.2, 0.25) is 0 Å². The molecule has 1 saturated heterocycles. The number of rotatable bonds is 7. The van der Waals surface area contributed by atoms with Gasteiger partial charge in [0.2, 0.25) is 0 Å². The molecule has 3 aromatic rings. The first-order valence-electron chi connectivity index (χ1n) is 11.0. The first kappa shape index (κ1) is 22.7. The SMILES string of the molecule is CCCP(=O)(CCC)c1ccc(-c2nc3c(N)nc(I)nc3n2C2CCCCO2)cc1. The topological polar surface area (TPSA) is 95.9 Å². The molecule has 4 rings (SSSR count). The van der Waals surface area contributed by atoms with Crippen molar-refractivity contribution in [1.82, 2.24) is 19.5 Å². The molecular formula is C22H29IN5O2P. The standard InChI is InChI=1S/C22H29IN5O2P/c1-3-13-31(29,14-4-2)16-10-8-15(9-11-16)20-25-18-19(24)26-22(23)27-21(18)28(20)17-7-5-6-12-30-17/h8-11,17H,3-7,12-14H2,1-2H3,(H2,24,26,27). The highest BCUT2D eigenvalue weighted by Crippen LogP contribution is 2.46. The number of anilines is 1. The van der Waals surface area contributed by atoms with Gasteiger partial charge >= 0.3 is 0 Å². The summed E-state index contributed by atoms with van der Waals surface area (Å²) in [5, 5.41) is 0.949. The molecule has 0 radical (unpaired) electrons. The van der Waals surface area contributed by atoms with Crippen molar-refractivity contribution >= 4 is 52.0 Å². The maximum Gasteiger partial charge on any atom is 0.194 e. The molecule has 1 atom stereocenters. The van der Waals surface area contributed by atoms with E-state index in [1.807, 2.05) is 24.3 Å². The number of nitrogens with zero attached hydrogens (tertiary/aromatic N) is 4. The van der Waals surface area contributed by atoms with E-state index < -0.39 is 7.14 Å². The average Bonchev–Trinajstić information content (AvgIpc) is 3.14. The van der Waals surface area contributed by atoms with Gasteiger partial charge in [-0.1, -0.05) is 38.1 Å². The van der Waals surface area contributed by atoms with Crippen molar-refractivity contribution < 1.29 is 9.30 Å². The van der Waals surface area contributed by atoms with Crippen molar-refractivity contribution in [2.24, 2.45) is 0 Å². The molecule has 1 aliphatic heterocycles. The highest BCUT2D eigenvalue weighted by atomic mass is 127. The Balaban J connectivity index is 1.82. The Hall–Kier alpha value is -1.51. The summed E-state index contributed by atoms with van der Waals surface area (Å²) in [4.78, 5) is 13.7. The van der Waals surface area contributed by atoms with Crippen LogP contribution in [0.15, 0.2) is 24.3 Å². The molecule has 0 aliphatic carbocycles. The van der Waals surface area contributed by atoms with Crippen molar-refractivity contribution in [3.8, 4) is 11.4 Å². The molecule has 1 fully saturated rings. The fourth-order valence-corrected chi connectivity index (χ4v) is 7.71. The van der Waals surface area contributed by atoms with Gasteiger partial charge in [0.15, 0.2) is 20.8 Å². The van der Waals surface area contributed by atoms with E-state index >= 15 is 0 Å². The summed E-state index contributed by atoms with van der Waals surface area (Å²) in [6.45, 7) is 4.91. The van der Waals surface area contributed by atoms with E-state index in [1.165, 1.54) is 0 Å². The molecule has 0 saturated carbocycles. The van der Waals surface area contributed by atoms with Crippen LogP contribution in [0.3, 0.4) is 0 Å². The number of benzene rings is 1. The summed E-state index contributed by atoms with van der Waals surface area (Å²) in [6.07, 6.45) is 6.26. The minimum atomic E-state index is -2.36. The molecule has 2 aromatic heterocycles. The summed E-state index contributed by atoms with van der Waals surface area (Å²) in [5.74, 6) is 1.13. The van der Waals surface area contributed by atoms with E-state index in [4.69, 9.17) is 15.5 Å². The molecular weight excluding hydrogens is 524 g/mol. The number of hydrogen-bond donors (Lipinski definition) is 1. The molecule has 1 unspecified atom stereocenters. The largest absolute Gasteiger partial charge is 0.382 e. The van der Waals surface area contributed by atoms with Gasteiger partial charge in [-0.25, -0.2) is 15.0 Å². The second-order valence-corrected chi connectivity index (χ2v) is 12.2. The summed E-state index contributed by atoms with van der Waals surface area (Å²) in [6, 6.07) is 8.04. The zero-order valence-electron chi connectivity index (χ0n) is 18.1. The van der Waals surface area contributed by atoms with Crippen molar-refractivity contribution in [1.29, 1.82) is 0 Å². The van der Waals surface area contributed by atoms with Crippen LogP contribution in [0.1, 0.15) is 52.2 Å². The van der Waals surface area contributed by atoms with E-state index in [9.17, 15) is 4.57 Å².